The molecule has 29 heavy (non-hydrogen) atoms. The number of nitrogens with zero attached hydrogens (tertiary/aromatic N) is 2. The number of esters is 1. The number of benzene rings is 2. The third-order valence-corrected chi connectivity index (χ3v) is 5.01. The largest absolute Gasteiger partial charge is 0.497 e. The Balaban J connectivity index is 1.75. The summed E-state index contributed by atoms with van der Waals surface area (Å²) in [4.78, 5) is 23.9. The van der Waals surface area contributed by atoms with Crippen LogP contribution in [-0.4, -0.2) is 35.9 Å². The van der Waals surface area contributed by atoms with Gasteiger partial charge in [-0.15, -0.1) is 5.10 Å². The molecule has 4 rings (SSSR count). The van der Waals surface area contributed by atoms with E-state index in [1.54, 1.807) is 36.1 Å². The lowest BCUT2D eigenvalue weighted by Gasteiger charge is -2.22. The van der Waals surface area contributed by atoms with Crippen molar-refractivity contribution in [2.24, 2.45) is 0 Å². The van der Waals surface area contributed by atoms with E-state index >= 15 is 0 Å². The molecule has 1 aliphatic rings. The van der Waals surface area contributed by atoms with Gasteiger partial charge in [-0.1, -0.05) is 12.1 Å². The molecule has 148 valence electrons. The fourth-order valence-electron chi connectivity index (χ4n) is 3.52. The number of hydrogen-bond donors (Lipinski definition) is 2. The summed E-state index contributed by atoms with van der Waals surface area (Å²) in [5, 5.41) is 7.30. The van der Waals surface area contributed by atoms with Gasteiger partial charge in [0, 0.05) is 17.9 Å². The van der Waals surface area contributed by atoms with Gasteiger partial charge in [0.05, 0.1) is 25.5 Å². The molecule has 1 aliphatic heterocycles. The molecular weight excluding hydrogens is 372 g/mol. The van der Waals surface area contributed by atoms with Crippen molar-refractivity contribution in [2.45, 2.75) is 12.3 Å². The number of fused-ring (bicyclic) bond motifs is 1. The number of rotatable bonds is 4. The summed E-state index contributed by atoms with van der Waals surface area (Å²) in [5.74, 6) is 0.861. The fourth-order valence-corrected chi connectivity index (χ4v) is 3.52. The summed E-state index contributed by atoms with van der Waals surface area (Å²) >= 11 is 0. The number of ether oxygens (including phenoxy) is 2. The van der Waals surface area contributed by atoms with Gasteiger partial charge >= 0.3 is 5.97 Å². The maximum atomic E-state index is 12.3. The van der Waals surface area contributed by atoms with Crippen molar-refractivity contribution in [3.63, 3.8) is 0 Å². The van der Waals surface area contributed by atoms with Crippen molar-refractivity contribution < 1.29 is 19.1 Å². The van der Waals surface area contributed by atoms with Crippen LogP contribution in [0.4, 0.5) is 11.6 Å². The molecule has 3 N–H and O–H groups in total. The molecule has 3 aromatic rings. The zero-order chi connectivity index (χ0) is 20.5. The summed E-state index contributed by atoms with van der Waals surface area (Å²) in [7, 11) is 2.94. The molecule has 0 saturated carbocycles. The van der Waals surface area contributed by atoms with Crippen molar-refractivity contribution >= 4 is 23.5 Å². The van der Waals surface area contributed by atoms with Gasteiger partial charge in [-0.3, -0.25) is 4.79 Å². The van der Waals surface area contributed by atoms with E-state index < -0.39 is 5.97 Å². The highest BCUT2D eigenvalue weighted by Gasteiger charge is 2.32. The maximum Gasteiger partial charge on any atom is 0.337 e. The molecule has 2 aromatic carbocycles. The molecule has 0 fully saturated rings. The number of carbonyl (C=O) groups is 2. The lowest BCUT2D eigenvalue weighted by atomic mass is 9.87. The summed E-state index contributed by atoms with van der Waals surface area (Å²) in [6.07, 6.45) is 0.274. The van der Waals surface area contributed by atoms with Crippen LogP contribution in [-0.2, 0) is 9.53 Å². The minimum absolute atomic E-state index is 0.121. The second-order valence-electron chi connectivity index (χ2n) is 6.68. The smallest absolute Gasteiger partial charge is 0.337 e. The van der Waals surface area contributed by atoms with Crippen LogP contribution in [0.2, 0.25) is 0 Å². The first kappa shape index (κ1) is 18.5. The van der Waals surface area contributed by atoms with Gasteiger partial charge in [-0.05, 0) is 42.0 Å². The van der Waals surface area contributed by atoms with E-state index in [0.717, 1.165) is 16.9 Å². The molecule has 1 amide bonds. The monoisotopic (exact) mass is 392 g/mol. The van der Waals surface area contributed by atoms with Crippen LogP contribution >= 0.6 is 0 Å². The van der Waals surface area contributed by atoms with E-state index in [1.165, 1.54) is 7.11 Å². The number of nitrogens with one attached hydrogen (secondary N) is 1. The zero-order valence-corrected chi connectivity index (χ0v) is 16.0. The Bertz CT molecular complexity index is 1070. The van der Waals surface area contributed by atoms with E-state index in [0.29, 0.717) is 22.9 Å². The predicted molar refractivity (Wildman–Crippen MR) is 107 cm³/mol. The van der Waals surface area contributed by atoms with Crippen molar-refractivity contribution in [3.05, 3.63) is 65.2 Å². The molecule has 0 aliphatic carbocycles. The van der Waals surface area contributed by atoms with E-state index in [4.69, 9.17) is 15.2 Å². The Hall–Kier alpha value is -3.81. The number of carbonyl (C=O) groups excluding carboxylic acids is 2. The predicted octanol–water partition coefficient (Wildman–Crippen LogP) is 2.72. The van der Waals surface area contributed by atoms with Crippen LogP contribution in [0.5, 0.6) is 5.75 Å². The first-order chi connectivity index (χ1) is 14.0. The van der Waals surface area contributed by atoms with Gasteiger partial charge < -0.3 is 20.5 Å². The topological polar surface area (TPSA) is 108 Å². The molecule has 0 saturated heterocycles. The number of anilines is 2. The van der Waals surface area contributed by atoms with Gasteiger partial charge in [0.2, 0.25) is 5.91 Å². The highest BCUT2D eigenvalue weighted by atomic mass is 16.5. The van der Waals surface area contributed by atoms with Crippen molar-refractivity contribution in [1.29, 1.82) is 0 Å². The first-order valence-electron chi connectivity index (χ1n) is 9.02. The Kier molecular flexibility index (Phi) is 4.67. The molecule has 8 heteroatoms. The summed E-state index contributed by atoms with van der Waals surface area (Å²) < 4.78 is 11.5. The van der Waals surface area contributed by atoms with E-state index in [1.807, 2.05) is 24.3 Å². The average molecular weight is 392 g/mol. The van der Waals surface area contributed by atoms with Gasteiger partial charge in [0.25, 0.3) is 0 Å². The molecular formula is C21H20N4O4. The van der Waals surface area contributed by atoms with Crippen LogP contribution in [0.15, 0.2) is 48.5 Å². The van der Waals surface area contributed by atoms with Crippen LogP contribution in [0.25, 0.3) is 5.69 Å². The Morgan fingerprint density at radius 1 is 1.14 bits per heavy atom. The third-order valence-electron chi connectivity index (χ3n) is 5.01. The summed E-state index contributed by atoms with van der Waals surface area (Å²) in [6.45, 7) is 0. The second kappa shape index (κ2) is 7.31. The molecule has 1 aromatic heterocycles. The second-order valence-corrected chi connectivity index (χ2v) is 6.68. The highest BCUT2D eigenvalue weighted by molar-refractivity contribution is 5.95. The van der Waals surface area contributed by atoms with Crippen LogP contribution < -0.4 is 15.8 Å². The molecule has 0 radical (unpaired) electrons. The van der Waals surface area contributed by atoms with Crippen molar-refractivity contribution in [1.82, 2.24) is 9.78 Å². The number of nitrogen functional groups attached to an aromatic ring is 1. The van der Waals surface area contributed by atoms with E-state index in [9.17, 15) is 9.59 Å². The lowest BCUT2D eigenvalue weighted by molar-refractivity contribution is -0.116. The van der Waals surface area contributed by atoms with E-state index in [2.05, 4.69) is 10.4 Å². The van der Waals surface area contributed by atoms with Gasteiger partial charge in [0.15, 0.2) is 5.82 Å². The minimum Gasteiger partial charge on any atom is -0.497 e. The van der Waals surface area contributed by atoms with Crippen LogP contribution in [0.1, 0.15) is 33.8 Å². The van der Waals surface area contributed by atoms with Gasteiger partial charge in [-0.25, -0.2) is 9.48 Å². The Morgan fingerprint density at radius 2 is 1.83 bits per heavy atom. The van der Waals surface area contributed by atoms with Crippen LogP contribution in [0, 0.1) is 0 Å². The molecule has 2 heterocycles. The number of amides is 1. The first-order valence-corrected chi connectivity index (χ1v) is 9.02. The molecule has 8 nitrogen and oxygen atoms in total. The normalized spacial score (nSPS) is 15.4. The molecule has 0 spiro atoms. The summed E-state index contributed by atoms with van der Waals surface area (Å²) in [5.41, 5.74) is 9.27. The van der Waals surface area contributed by atoms with Crippen molar-refractivity contribution in [3.8, 4) is 11.4 Å². The molecule has 1 atom stereocenters. The Labute approximate surface area is 167 Å². The third kappa shape index (κ3) is 3.29. The zero-order valence-electron chi connectivity index (χ0n) is 16.0. The maximum absolute atomic E-state index is 12.3. The molecule has 0 bridgehead atoms. The summed E-state index contributed by atoms with van der Waals surface area (Å²) in [6, 6.07) is 14.3. The van der Waals surface area contributed by atoms with Gasteiger partial charge in [-0.2, -0.15) is 0 Å². The minimum atomic E-state index is -0.420. The fraction of sp³-hybridized carbons (Fsp3) is 0.190. The number of hydrogen-bond acceptors (Lipinski definition) is 6. The van der Waals surface area contributed by atoms with Gasteiger partial charge in [0.1, 0.15) is 11.6 Å². The number of nitrogens with two attached hydrogens (primary N) is 1. The average Bonchev–Trinajstić information content (AvgIpc) is 3.09. The SMILES string of the molecule is COC(=O)c1ccc(-n2nc3c(c2N)C(c2ccc(OC)cc2)CC(=O)N3)cc1. The quantitative estimate of drug-likeness (QED) is 0.661. The standard InChI is InChI=1S/C21H20N4O4/c1-28-15-9-5-12(6-10-15)16-11-17(26)23-20-18(16)19(22)25(24-20)14-7-3-13(4-8-14)21(27)29-2/h3-10,16H,11,22H2,1-2H3,(H,23,24,26). The molecule has 1 unspecified atom stereocenters. The lowest BCUT2D eigenvalue weighted by Crippen LogP contribution is -2.23. The number of methoxy groups -OCH3 is 2. The van der Waals surface area contributed by atoms with Crippen molar-refractivity contribution in [2.75, 3.05) is 25.3 Å². The Morgan fingerprint density at radius 3 is 2.45 bits per heavy atom. The van der Waals surface area contributed by atoms with E-state index in [-0.39, 0.29) is 18.2 Å². The number of aromatic nitrogens is 2. The highest BCUT2D eigenvalue weighted by Crippen LogP contribution is 2.41. The van der Waals surface area contributed by atoms with Crippen LogP contribution in [0.3, 0.4) is 0 Å².